The summed E-state index contributed by atoms with van der Waals surface area (Å²) in [5.41, 5.74) is -2.27. The molecule has 3 rings (SSSR count). The minimum atomic E-state index is -4.87. The molecule has 0 aliphatic rings. The van der Waals surface area contributed by atoms with Gasteiger partial charge in [-0.3, -0.25) is 9.59 Å². The molecule has 0 aliphatic heterocycles. The smallest absolute Gasteiger partial charge is 0.435 e. The van der Waals surface area contributed by atoms with Crippen LogP contribution >= 0.6 is 23.2 Å². The van der Waals surface area contributed by atoms with E-state index in [1.54, 1.807) is 0 Å². The van der Waals surface area contributed by atoms with Crippen molar-refractivity contribution in [2.24, 2.45) is 0 Å². The standard InChI is InChI=1S/C17H10Cl2F3N3O3/c18-8-3-1-4-9(19)13(8)16(28)23-10-5-2-6-25-11(7-12(26)27)14(17(20,21)22)24-15(10)25/h1-6H,7H2,(H,23,28)(H,26,27). The molecule has 0 fully saturated rings. The number of alkyl halides is 3. The van der Waals surface area contributed by atoms with Gasteiger partial charge in [0.2, 0.25) is 0 Å². The maximum absolute atomic E-state index is 13.3. The molecule has 0 spiro atoms. The zero-order valence-corrected chi connectivity index (χ0v) is 15.2. The van der Waals surface area contributed by atoms with E-state index in [4.69, 9.17) is 28.3 Å². The SMILES string of the molecule is O=C(O)Cc1c(C(F)(F)F)nc2c(NC(=O)c3c(Cl)cccc3Cl)cccn12. The Morgan fingerprint density at radius 1 is 1.14 bits per heavy atom. The zero-order valence-electron chi connectivity index (χ0n) is 13.7. The van der Waals surface area contributed by atoms with Gasteiger partial charge in [0, 0.05) is 6.20 Å². The summed E-state index contributed by atoms with van der Waals surface area (Å²) in [5, 5.41) is 11.5. The van der Waals surface area contributed by atoms with Crippen molar-refractivity contribution in [1.29, 1.82) is 0 Å². The second-order valence-electron chi connectivity index (χ2n) is 5.64. The van der Waals surface area contributed by atoms with Crippen molar-refractivity contribution in [1.82, 2.24) is 9.38 Å². The van der Waals surface area contributed by atoms with E-state index in [9.17, 15) is 22.8 Å². The second kappa shape index (κ2) is 7.33. The summed E-state index contributed by atoms with van der Waals surface area (Å²) in [6.45, 7) is 0. The molecule has 2 heterocycles. The number of imidazole rings is 1. The summed E-state index contributed by atoms with van der Waals surface area (Å²) >= 11 is 12.0. The van der Waals surface area contributed by atoms with Crippen LogP contribution in [0.15, 0.2) is 36.5 Å². The van der Waals surface area contributed by atoms with E-state index in [0.29, 0.717) is 0 Å². The minimum absolute atomic E-state index is 0.0544. The molecule has 1 amide bonds. The van der Waals surface area contributed by atoms with Crippen molar-refractivity contribution in [2.45, 2.75) is 12.6 Å². The number of amides is 1. The predicted molar refractivity (Wildman–Crippen MR) is 95.9 cm³/mol. The molecule has 0 radical (unpaired) electrons. The Morgan fingerprint density at radius 3 is 2.36 bits per heavy atom. The quantitative estimate of drug-likeness (QED) is 0.634. The number of anilines is 1. The van der Waals surface area contributed by atoms with E-state index >= 15 is 0 Å². The van der Waals surface area contributed by atoms with Crippen molar-refractivity contribution in [3.8, 4) is 0 Å². The minimum Gasteiger partial charge on any atom is -0.481 e. The number of pyridine rings is 1. The van der Waals surface area contributed by atoms with Crippen molar-refractivity contribution < 1.29 is 27.9 Å². The first-order valence-electron chi connectivity index (χ1n) is 7.64. The lowest BCUT2D eigenvalue weighted by Gasteiger charge is -2.09. The highest BCUT2D eigenvalue weighted by molar-refractivity contribution is 6.40. The van der Waals surface area contributed by atoms with Gasteiger partial charge in [-0.15, -0.1) is 0 Å². The highest BCUT2D eigenvalue weighted by Crippen LogP contribution is 2.34. The molecule has 6 nitrogen and oxygen atoms in total. The molecule has 0 atom stereocenters. The maximum Gasteiger partial charge on any atom is 0.435 e. The van der Waals surface area contributed by atoms with E-state index < -0.39 is 35.9 Å². The van der Waals surface area contributed by atoms with Gasteiger partial charge in [-0.25, -0.2) is 4.98 Å². The fraction of sp³-hybridized carbons (Fsp3) is 0.118. The molecule has 2 N–H and O–H groups in total. The molecule has 0 unspecified atom stereocenters. The number of carboxylic acids is 1. The summed E-state index contributed by atoms with van der Waals surface area (Å²) < 4.78 is 40.9. The number of carboxylic acid groups (broad SMARTS) is 1. The van der Waals surface area contributed by atoms with Crippen LogP contribution in [0, 0.1) is 0 Å². The van der Waals surface area contributed by atoms with Crippen LogP contribution in [-0.2, 0) is 17.4 Å². The second-order valence-corrected chi connectivity index (χ2v) is 6.46. The van der Waals surface area contributed by atoms with Gasteiger partial charge in [0.25, 0.3) is 5.91 Å². The van der Waals surface area contributed by atoms with Crippen molar-refractivity contribution in [3.05, 3.63) is 63.5 Å². The monoisotopic (exact) mass is 431 g/mol. The largest absolute Gasteiger partial charge is 0.481 e. The number of aromatic nitrogens is 2. The lowest BCUT2D eigenvalue weighted by Crippen LogP contribution is -2.14. The van der Waals surface area contributed by atoms with Gasteiger partial charge in [-0.1, -0.05) is 29.3 Å². The average molecular weight is 432 g/mol. The molecule has 3 aromatic rings. The molecule has 146 valence electrons. The van der Waals surface area contributed by atoms with Crippen LogP contribution in [-0.4, -0.2) is 26.4 Å². The van der Waals surface area contributed by atoms with E-state index in [0.717, 1.165) is 4.40 Å². The van der Waals surface area contributed by atoms with Crippen LogP contribution in [0.2, 0.25) is 10.0 Å². The number of carbonyl (C=O) groups excluding carboxylic acids is 1. The van der Waals surface area contributed by atoms with E-state index in [1.807, 2.05) is 0 Å². The molecule has 0 bridgehead atoms. The van der Waals surface area contributed by atoms with Crippen LogP contribution in [0.5, 0.6) is 0 Å². The number of nitrogens with one attached hydrogen (secondary N) is 1. The molecule has 11 heteroatoms. The molecule has 0 saturated carbocycles. The Kier molecular flexibility index (Phi) is 5.22. The van der Waals surface area contributed by atoms with Gasteiger partial charge in [-0.05, 0) is 24.3 Å². The van der Waals surface area contributed by atoms with Crippen LogP contribution < -0.4 is 5.32 Å². The molecular weight excluding hydrogens is 422 g/mol. The number of carbonyl (C=O) groups is 2. The lowest BCUT2D eigenvalue weighted by molar-refractivity contribution is -0.142. The lowest BCUT2D eigenvalue weighted by atomic mass is 10.2. The van der Waals surface area contributed by atoms with Gasteiger partial charge >= 0.3 is 12.1 Å². The third-order valence-electron chi connectivity index (χ3n) is 3.77. The number of aliphatic carboxylic acids is 1. The molecular formula is C17H10Cl2F3N3O3. The van der Waals surface area contributed by atoms with Crippen LogP contribution in [0.1, 0.15) is 21.7 Å². The zero-order chi connectivity index (χ0) is 20.6. The number of benzene rings is 1. The first-order valence-corrected chi connectivity index (χ1v) is 8.39. The number of fused-ring (bicyclic) bond motifs is 1. The number of hydrogen-bond donors (Lipinski definition) is 2. The number of rotatable bonds is 4. The Bertz CT molecular complexity index is 1080. The Balaban J connectivity index is 2.11. The van der Waals surface area contributed by atoms with Gasteiger partial charge < -0.3 is 14.8 Å². The summed E-state index contributed by atoms with van der Waals surface area (Å²) in [6.07, 6.45) is -4.54. The number of nitrogens with zero attached hydrogens (tertiary/aromatic N) is 2. The number of hydrogen-bond acceptors (Lipinski definition) is 3. The average Bonchev–Trinajstić information content (AvgIpc) is 2.94. The summed E-state index contributed by atoms with van der Waals surface area (Å²) in [4.78, 5) is 27.1. The van der Waals surface area contributed by atoms with E-state index in [2.05, 4.69) is 10.3 Å². The van der Waals surface area contributed by atoms with Crippen LogP contribution in [0.4, 0.5) is 18.9 Å². The van der Waals surface area contributed by atoms with Gasteiger partial charge in [0.1, 0.15) is 0 Å². The third-order valence-corrected chi connectivity index (χ3v) is 4.40. The topological polar surface area (TPSA) is 83.7 Å². The van der Waals surface area contributed by atoms with E-state index in [1.165, 1.54) is 36.5 Å². The predicted octanol–water partition coefficient (Wildman–Crippen LogP) is 4.54. The van der Waals surface area contributed by atoms with Gasteiger partial charge in [-0.2, -0.15) is 13.2 Å². The summed E-state index contributed by atoms with van der Waals surface area (Å²) in [6, 6.07) is 7.08. The molecule has 0 aliphatic carbocycles. The number of halogens is 5. The van der Waals surface area contributed by atoms with Crippen molar-refractivity contribution >= 4 is 46.4 Å². The van der Waals surface area contributed by atoms with Gasteiger partial charge in [0.05, 0.1) is 33.4 Å². The van der Waals surface area contributed by atoms with Gasteiger partial charge in [0.15, 0.2) is 11.3 Å². The van der Waals surface area contributed by atoms with Crippen LogP contribution in [0.25, 0.3) is 5.65 Å². The van der Waals surface area contributed by atoms with Crippen molar-refractivity contribution in [2.75, 3.05) is 5.32 Å². The maximum atomic E-state index is 13.3. The molecule has 0 saturated heterocycles. The molecule has 2 aromatic heterocycles. The highest BCUT2D eigenvalue weighted by atomic mass is 35.5. The fourth-order valence-corrected chi connectivity index (χ4v) is 3.22. The summed E-state index contributed by atoms with van der Waals surface area (Å²) in [5.74, 6) is -2.20. The Labute approximate surface area is 165 Å². The Hall–Kier alpha value is -2.78. The molecule has 28 heavy (non-hydrogen) atoms. The summed E-state index contributed by atoms with van der Waals surface area (Å²) in [7, 11) is 0. The highest BCUT2D eigenvalue weighted by Gasteiger charge is 2.38. The molecule has 1 aromatic carbocycles. The fourth-order valence-electron chi connectivity index (χ4n) is 2.65. The van der Waals surface area contributed by atoms with E-state index in [-0.39, 0.29) is 26.9 Å². The first-order chi connectivity index (χ1) is 13.1. The van der Waals surface area contributed by atoms with Crippen molar-refractivity contribution in [3.63, 3.8) is 0 Å². The first kappa shape index (κ1) is 20.0. The normalized spacial score (nSPS) is 11.6. The van der Waals surface area contributed by atoms with Crippen LogP contribution in [0.3, 0.4) is 0 Å². The Morgan fingerprint density at radius 2 is 1.79 bits per heavy atom. The third kappa shape index (κ3) is 3.76.